The van der Waals surface area contributed by atoms with Crippen LogP contribution in [0.2, 0.25) is 0 Å². The summed E-state index contributed by atoms with van der Waals surface area (Å²) in [6.07, 6.45) is 0. The molecule has 0 radical (unpaired) electrons. The van der Waals surface area contributed by atoms with Crippen LogP contribution in [0.1, 0.15) is 20.8 Å². The Balaban J connectivity index is 3.61. The summed E-state index contributed by atoms with van der Waals surface area (Å²) in [5, 5.41) is 3.99. The standard InChI is InChI=1S/C6H14N2/c1-5(2)6(3)8-7-4/h5,7H,1-4H3. The van der Waals surface area contributed by atoms with Crippen molar-refractivity contribution in [3.05, 3.63) is 0 Å². The lowest BCUT2D eigenvalue weighted by atomic mass is 10.1. The van der Waals surface area contributed by atoms with Gasteiger partial charge in [0.25, 0.3) is 0 Å². The van der Waals surface area contributed by atoms with Crippen LogP contribution in [0.4, 0.5) is 0 Å². The zero-order chi connectivity index (χ0) is 6.57. The summed E-state index contributed by atoms with van der Waals surface area (Å²) in [6, 6.07) is 0. The first kappa shape index (κ1) is 7.47. The van der Waals surface area contributed by atoms with Crippen LogP contribution in [-0.2, 0) is 0 Å². The molecule has 0 amide bonds. The topological polar surface area (TPSA) is 24.4 Å². The van der Waals surface area contributed by atoms with E-state index in [-0.39, 0.29) is 0 Å². The Labute approximate surface area is 51.0 Å². The van der Waals surface area contributed by atoms with E-state index in [4.69, 9.17) is 0 Å². The minimum Gasteiger partial charge on any atom is -0.313 e. The third-order valence-electron chi connectivity index (χ3n) is 1.12. The van der Waals surface area contributed by atoms with Crippen molar-refractivity contribution in [2.75, 3.05) is 7.05 Å². The van der Waals surface area contributed by atoms with Crippen molar-refractivity contribution in [3.8, 4) is 0 Å². The van der Waals surface area contributed by atoms with Crippen molar-refractivity contribution in [1.29, 1.82) is 0 Å². The fourth-order valence-electron chi connectivity index (χ4n) is 0.305. The molecule has 0 saturated carbocycles. The molecule has 0 aliphatic heterocycles. The Morgan fingerprint density at radius 1 is 1.50 bits per heavy atom. The predicted molar refractivity (Wildman–Crippen MR) is 37.0 cm³/mol. The summed E-state index contributed by atoms with van der Waals surface area (Å²) in [5.74, 6) is 0.558. The molecule has 0 unspecified atom stereocenters. The summed E-state index contributed by atoms with van der Waals surface area (Å²) in [4.78, 5) is 0. The van der Waals surface area contributed by atoms with Gasteiger partial charge in [-0.05, 0) is 12.8 Å². The zero-order valence-corrected chi connectivity index (χ0v) is 6.02. The molecular weight excluding hydrogens is 100 g/mol. The highest BCUT2D eigenvalue weighted by atomic mass is 15.3. The molecule has 2 nitrogen and oxygen atoms in total. The maximum atomic E-state index is 3.99. The van der Waals surface area contributed by atoms with Gasteiger partial charge in [-0.3, -0.25) is 0 Å². The fourth-order valence-corrected chi connectivity index (χ4v) is 0.305. The lowest BCUT2D eigenvalue weighted by molar-refractivity contribution is 0.822. The van der Waals surface area contributed by atoms with Gasteiger partial charge < -0.3 is 5.43 Å². The van der Waals surface area contributed by atoms with Crippen LogP contribution in [0.5, 0.6) is 0 Å². The van der Waals surface area contributed by atoms with Gasteiger partial charge in [0.05, 0.1) is 0 Å². The highest BCUT2D eigenvalue weighted by Gasteiger charge is 1.94. The van der Waals surface area contributed by atoms with Crippen molar-refractivity contribution in [2.24, 2.45) is 11.0 Å². The van der Waals surface area contributed by atoms with Gasteiger partial charge in [-0.2, -0.15) is 5.10 Å². The summed E-state index contributed by atoms with van der Waals surface area (Å²) in [7, 11) is 1.81. The summed E-state index contributed by atoms with van der Waals surface area (Å²) in [5.41, 5.74) is 3.88. The SMILES string of the molecule is CNN=C(C)C(C)C. The molecule has 0 aromatic heterocycles. The van der Waals surface area contributed by atoms with E-state index in [1.165, 1.54) is 0 Å². The quantitative estimate of drug-likeness (QED) is 0.424. The normalized spacial score (nSPS) is 12.4. The van der Waals surface area contributed by atoms with Crippen LogP contribution in [0.25, 0.3) is 0 Å². The van der Waals surface area contributed by atoms with E-state index in [0.29, 0.717) is 5.92 Å². The monoisotopic (exact) mass is 114 g/mol. The van der Waals surface area contributed by atoms with Gasteiger partial charge in [0.2, 0.25) is 0 Å². The number of nitrogens with zero attached hydrogens (tertiary/aromatic N) is 1. The van der Waals surface area contributed by atoms with Crippen molar-refractivity contribution in [3.63, 3.8) is 0 Å². The summed E-state index contributed by atoms with van der Waals surface area (Å²) >= 11 is 0. The Kier molecular flexibility index (Phi) is 3.24. The van der Waals surface area contributed by atoms with Crippen LogP contribution in [0, 0.1) is 5.92 Å². The minimum atomic E-state index is 0.558. The van der Waals surface area contributed by atoms with Crippen molar-refractivity contribution in [1.82, 2.24) is 5.43 Å². The van der Waals surface area contributed by atoms with Crippen LogP contribution < -0.4 is 5.43 Å². The molecule has 0 rings (SSSR count). The largest absolute Gasteiger partial charge is 0.313 e. The van der Waals surface area contributed by atoms with Gasteiger partial charge in [-0.25, -0.2) is 0 Å². The second-order valence-corrected chi connectivity index (χ2v) is 2.13. The van der Waals surface area contributed by atoms with Crippen molar-refractivity contribution >= 4 is 5.71 Å². The van der Waals surface area contributed by atoms with Crippen LogP contribution in [-0.4, -0.2) is 12.8 Å². The molecule has 0 bridgehead atoms. The smallest absolute Gasteiger partial charge is 0.0372 e. The van der Waals surface area contributed by atoms with Crippen LogP contribution >= 0.6 is 0 Å². The molecular formula is C6H14N2. The molecule has 0 aromatic carbocycles. The number of hydrazone groups is 1. The highest BCUT2D eigenvalue weighted by Crippen LogP contribution is 1.93. The Morgan fingerprint density at radius 3 is 2.12 bits per heavy atom. The van der Waals surface area contributed by atoms with Crippen molar-refractivity contribution in [2.45, 2.75) is 20.8 Å². The first-order chi connectivity index (χ1) is 3.68. The predicted octanol–water partition coefficient (Wildman–Crippen LogP) is 1.24. The maximum absolute atomic E-state index is 3.99. The molecule has 0 heterocycles. The van der Waals surface area contributed by atoms with Gasteiger partial charge >= 0.3 is 0 Å². The second-order valence-electron chi connectivity index (χ2n) is 2.13. The molecule has 2 heteroatoms. The van der Waals surface area contributed by atoms with Gasteiger partial charge in [0.15, 0.2) is 0 Å². The molecule has 1 N–H and O–H groups in total. The molecule has 0 spiro atoms. The Bertz CT molecular complexity index is 84.5. The lowest BCUT2D eigenvalue weighted by Crippen LogP contribution is -2.07. The molecule has 0 atom stereocenters. The van der Waals surface area contributed by atoms with E-state index in [0.717, 1.165) is 5.71 Å². The fraction of sp³-hybridized carbons (Fsp3) is 0.833. The van der Waals surface area contributed by atoms with Gasteiger partial charge in [-0.1, -0.05) is 13.8 Å². The molecule has 8 heavy (non-hydrogen) atoms. The van der Waals surface area contributed by atoms with Gasteiger partial charge in [-0.15, -0.1) is 0 Å². The number of hydrogen-bond acceptors (Lipinski definition) is 2. The summed E-state index contributed by atoms with van der Waals surface area (Å²) in [6.45, 7) is 6.26. The van der Waals surface area contributed by atoms with Crippen LogP contribution in [0.3, 0.4) is 0 Å². The third-order valence-corrected chi connectivity index (χ3v) is 1.12. The maximum Gasteiger partial charge on any atom is 0.0372 e. The van der Waals surface area contributed by atoms with E-state index >= 15 is 0 Å². The molecule has 0 aromatic rings. The first-order valence-electron chi connectivity index (χ1n) is 2.89. The number of nitrogens with one attached hydrogen (secondary N) is 1. The highest BCUT2D eigenvalue weighted by molar-refractivity contribution is 5.83. The molecule has 0 saturated heterocycles. The summed E-state index contributed by atoms with van der Waals surface area (Å²) < 4.78 is 0. The lowest BCUT2D eigenvalue weighted by Gasteiger charge is -2.00. The second kappa shape index (κ2) is 3.47. The molecule has 48 valence electrons. The minimum absolute atomic E-state index is 0.558. The average Bonchev–Trinajstić information content (AvgIpc) is 1.67. The Morgan fingerprint density at radius 2 is 2.00 bits per heavy atom. The molecule has 0 aliphatic carbocycles. The van der Waals surface area contributed by atoms with Gasteiger partial charge in [0, 0.05) is 12.8 Å². The third kappa shape index (κ3) is 2.61. The average molecular weight is 114 g/mol. The van der Waals surface area contributed by atoms with E-state index in [1.54, 1.807) is 0 Å². The van der Waals surface area contributed by atoms with E-state index < -0.39 is 0 Å². The zero-order valence-electron chi connectivity index (χ0n) is 6.02. The first-order valence-corrected chi connectivity index (χ1v) is 2.89. The van der Waals surface area contributed by atoms with Crippen LogP contribution in [0.15, 0.2) is 5.10 Å². The molecule has 0 aliphatic rings. The molecule has 0 fully saturated rings. The number of hydrogen-bond donors (Lipinski definition) is 1. The van der Waals surface area contributed by atoms with E-state index in [1.807, 2.05) is 14.0 Å². The van der Waals surface area contributed by atoms with Crippen molar-refractivity contribution < 1.29 is 0 Å². The van der Waals surface area contributed by atoms with Gasteiger partial charge in [0.1, 0.15) is 0 Å². The van der Waals surface area contributed by atoms with E-state index in [9.17, 15) is 0 Å². The Hall–Kier alpha value is -0.530. The number of rotatable bonds is 2. The van der Waals surface area contributed by atoms with E-state index in [2.05, 4.69) is 24.4 Å².